The van der Waals surface area contributed by atoms with Crippen LogP contribution in [0.25, 0.3) is 0 Å². The number of nitrogens with zero attached hydrogens (tertiary/aromatic N) is 5. The van der Waals surface area contributed by atoms with Gasteiger partial charge in [-0.2, -0.15) is 0 Å². The van der Waals surface area contributed by atoms with Crippen LogP contribution >= 0.6 is 24.0 Å². The van der Waals surface area contributed by atoms with Crippen molar-refractivity contribution in [3.8, 4) is 0 Å². The molecule has 1 saturated heterocycles. The average molecular weight is 462 g/mol. The van der Waals surface area contributed by atoms with E-state index in [1.807, 2.05) is 0 Å². The van der Waals surface area contributed by atoms with Gasteiger partial charge in [-0.15, -0.1) is 34.2 Å². The Morgan fingerprint density at radius 2 is 2.00 bits per heavy atom. The highest BCUT2D eigenvalue weighted by atomic mass is 127. The number of hydrogen-bond donors (Lipinski definition) is 1. The third-order valence-corrected chi connectivity index (χ3v) is 4.77. The van der Waals surface area contributed by atoms with E-state index in [1.54, 1.807) is 6.33 Å². The van der Waals surface area contributed by atoms with Gasteiger partial charge in [-0.05, 0) is 31.6 Å². The Morgan fingerprint density at radius 3 is 2.60 bits per heavy atom. The van der Waals surface area contributed by atoms with E-state index >= 15 is 0 Å². The Labute approximate surface area is 169 Å². The Morgan fingerprint density at radius 1 is 1.32 bits per heavy atom. The molecule has 144 valence electrons. The lowest BCUT2D eigenvalue weighted by molar-refractivity contribution is 0.207. The number of guanidine groups is 1. The summed E-state index contributed by atoms with van der Waals surface area (Å²) in [7, 11) is 0. The molecule has 1 fully saturated rings. The molecule has 0 aliphatic carbocycles. The first-order valence-corrected chi connectivity index (χ1v) is 9.46. The van der Waals surface area contributed by atoms with E-state index in [-0.39, 0.29) is 24.0 Å². The topological polar surface area (TPSA) is 58.3 Å². The zero-order valence-electron chi connectivity index (χ0n) is 16.4. The molecule has 25 heavy (non-hydrogen) atoms. The number of likely N-dealkylation sites (tertiary alicyclic amines) is 1. The Bertz CT molecular complexity index is 519. The summed E-state index contributed by atoms with van der Waals surface area (Å²) in [5.74, 6) is 3.54. The molecule has 0 amide bonds. The van der Waals surface area contributed by atoms with Crippen LogP contribution < -0.4 is 5.32 Å². The summed E-state index contributed by atoms with van der Waals surface area (Å²) in [6, 6.07) is 0.442. The monoisotopic (exact) mass is 462 g/mol. The lowest BCUT2D eigenvalue weighted by Crippen LogP contribution is -2.50. The Kier molecular flexibility index (Phi) is 9.74. The fraction of sp³-hybridized carbons (Fsp3) is 0.833. The van der Waals surface area contributed by atoms with E-state index in [1.165, 1.54) is 6.42 Å². The SMILES string of the molecule is CCc1nncn1CCN=C(NC(C)CC)N1CC(C)CC(C)C1.I. The summed E-state index contributed by atoms with van der Waals surface area (Å²) >= 11 is 0. The van der Waals surface area contributed by atoms with Crippen LogP contribution in [0.4, 0.5) is 0 Å². The predicted molar refractivity (Wildman–Crippen MR) is 115 cm³/mol. The van der Waals surface area contributed by atoms with E-state index < -0.39 is 0 Å². The second-order valence-corrected chi connectivity index (χ2v) is 7.30. The van der Waals surface area contributed by atoms with Gasteiger partial charge in [-0.1, -0.05) is 27.7 Å². The molecule has 6 nitrogen and oxygen atoms in total. The number of rotatable bonds is 6. The van der Waals surface area contributed by atoms with Crippen LogP contribution in [0.2, 0.25) is 0 Å². The molecule has 3 unspecified atom stereocenters. The molecule has 1 aliphatic heterocycles. The molecule has 1 aliphatic rings. The van der Waals surface area contributed by atoms with Gasteiger partial charge >= 0.3 is 0 Å². The van der Waals surface area contributed by atoms with Crippen molar-refractivity contribution in [2.75, 3.05) is 19.6 Å². The van der Waals surface area contributed by atoms with Crippen molar-refractivity contribution >= 4 is 29.9 Å². The molecule has 3 atom stereocenters. The fourth-order valence-electron chi connectivity index (χ4n) is 3.40. The maximum atomic E-state index is 4.91. The van der Waals surface area contributed by atoms with Crippen molar-refractivity contribution in [1.29, 1.82) is 0 Å². The molecule has 2 rings (SSSR count). The first kappa shape index (κ1) is 22.2. The zero-order valence-corrected chi connectivity index (χ0v) is 18.7. The van der Waals surface area contributed by atoms with Crippen LogP contribution in [0.1, 0.15) is 53.3 Å². The minimum Gasteiger partial charge on any atom is -0.354 e. The van der Waals surface area contributed by atoms with Gasteiger partial charge in [0.15, 0.2) is 5.96 Å². The standard InChI is InChI=1S/C18H34N6.HI/c1-6-16(5)21-18(24-11-14(3)10-15(4)12-24)19-8-9-23-13-20-22-17(23)7-2;/h13-16H,6-12H2,1-5H3,(H,19,21);1H. The maximum Gasteiger partial charge on any atom is 0.194 e. The number of halogens is 1. The zero-order chi connectivity index (χ0) is 17.5. The third kappa shape index (κ3) is 6.75. The molecule has 0 aromatic carbocycles. The summed E-state index contributed by atoms with van der Waals surface area (Å²) in [5, 5.41) is 11.8. The van der Waals surface area contributed by atoms with E-state index in [4.69, 9.17) is 4.99 Å². The summed E-state index contributed by atoms with van der Waals surface area (Å²) in [6.45, 7) is 15.0. The van der Waals surface area contributed by atoms with Gasteiger partial charge < -0.3 is 14.8 Å². The number of aliphatic imine (C=N–C) groups is 1. The second kappa shape index (κ2) is 11.0. The Hall–Kier alpha value is -0.860. The van der Waals surface area contributed by atoms with E-state index in [0.717, 1.165) is 62.6 Å². The van der Waals surface area contributed by atoms with Crippen molar-refractivity contribution < 1.29 is 0 Å². The molecule has 0 bridgehead atoms. The first-order valence-electron chi connectivity index (χ1n) is 9.46. The number of piperidine rings is 1. The largest absolute Gasteiger partial charge is 0.354 e. The highest BCUT2D eigenvalue weighted by Gasteiger charge is 2.24. The van der Waals surface area contributed by atoms with E-state index in [0.29, 0.717) is 6.04 Å². The van der Waals surface area contributed by atoms with Crippen LogP contribution in [0, 0.1) is 11.8 Å². The third-order valence-electron chi connectivity index (χ3n) is 4.77. The van der Waals surface area contributed by atoms with Crippen LogP contribution in [0.5, 0.6) is 0 Å². The molecule has 1 aromatic rings. The van der Waals surface area contributed by atoms with Crippen LogP contribution in [0.3, 0.4) is 0 Å². The van der Waals surface area contributed by atoms with Gasteiger partial charge in [0.05, 0.1) is 6.54 Å². The summed E-state index contributed by atoms with van der Waals surface area (Å²) in [4.78, 5) is 7.35. The summed E-state index contributed by atoms with van der Waals surface area (Å²) in [6.07, 6.45) is 5.13. The van der Waals surface area contributed by atoms with Gasteiger partial charge in [0, 0.05) is 32.1 Å². The van der Waals surface area contributed by atoms with Gasteiger partial charge in [0.2, 0.25) is 0 Å². The van der Waals surface area contributed by atoms with Gasteiger partial charge in [-0.3, -0.25) is 4.99 Å². The van der Waals surface area contributed by atoms with Crippen LogP contribution in [-0.2, 0) is 13.0 Å². The van der Waals surface area contributed by atoms with Crippen molar-refractivity contribution in [2.24, 2.45) is 16.8 Å². The van der Waals surface area contributed by atoms with Crippen LogP contribution in [0.15, 0.2) is 11.3 Å². The van der Waals surface area contributed by atoms with Gasteiger partial charge in [0.1, 0.15) is 12.2 Å². The van der Waals surface area contributed by atoms with Crippen molar-refractivity contribution in [1.82, 2.24) is 25.0 Å². The quantitative estimate of drug-likeness (QED) is 0.401. The maximum absolute atomic E-state index is 4.91. The molecular formula is C18H35IN6. The molecular weight excluding hydrogens is 427 g/mol. The molecule has 2 heterocycles. The molecule has 1 N–H and O–H groups in total. The molecule has 0 spiro atoms. The molecule has 0 saturated carbocycles. The summed E-state index contributed by atoms with van der Waals surface area (Å²) < 4.78 is 2.10. The normalized spacial score (nSPS) is 22.4. The Balaban J connectivity index is 0.00000312. The van der Waals surface area contributed by atoms with E-state index in [9.17, 15) is 0 Å². The highest BCUT2D eigenvalue weighted by Crippen LogP contribution is 2.21. The minimum atomic E-state index is 0. The second-order valence-electron chi connectivity index (χ2n) is 7.30. The molecule has 1 aromatic heterocycles. The van der Waals surface area contributed by atoms with E-state index in [2.05, 4.69) is 59.6 Å². The number of aromatic nitrogens is 3. The highest BCUT2D eigenvalue weighted by molar-refractivity contribution is 14.0. The lowest BCUT2D eigenvalue weighted by Gasteiger charge is -2.38. The van der Waals surface area contributed by atoms with Crippen molar-refractivity contribution in [3.05, 3.63) is 12.2 Å². The molecule has 0 radical (unpaired) electrons. The number of aryl methyl sites for hydroxylation is 1. The number of hydrogen-bond acceptors (Lipinski definition) is 3. The summed E-state index contributed by atoms with van der Waals surface area (Å²) in [5.41, 5.74) is 0. The fourth-order valence-corrected chi connectivity index (χ4v) is 3.40. The lowest BCUT2D eigenvalue weighted by atomic mass is 9.92. The van der Waals surface area contributed by atoms with Gasteiger partial charge in [0.25, 0.3) is 0 Å². The molecule has 7 heteroatoms. The first-order chi connectivity index (χ1) is 11.5. The number of nitrogens with one attached hydrogen (secondary N) is 1. The van der Waals surface area contributed by atoms with Gasteiger partial charge in [-0.25, -0.2) is 0 Å². The van der Waals surface area contributed by atoms with Crippen molar-refractivity contribution in [3.63, 3.8) is 0 Å². The minimum absolute atomic E-state index is 0. The smallest absolute Gasteiger partial charge is 0.194 e. The average Bonchev–Trinajstić information content (AvgIpc) is 3.00. The van der Waals surface area contributed by atoms with Crippen LogP contribution in [-0.4, -0.2) is 51.3 Å². The predicted octanol–water partition coefficient (Wildman–Crippen LogP) is 3.18. The van der Waals surface area contributed by atoms with Crippen molar-refractivity contribution in [2.45, 2.75) is 66.5 Å².